The number of methoxy groups -OCH3 is 1. The molecule has 15 heavy (non-hydrogen) atoms. The number of ether oxygens (including phenoxy) is 3. The molecular formula is C11H18O4. The molecule has 0 aromatic heterocycles. The van der Waals surface area contributed by atoms with E-state index in [1.807, 2.05) is 6.92 Å². The van der Waals surface area contributed by atoms with E-state index in [1.165, 1.54) is 7.11 Å². The maximum absolute atomic E-state index is 11.7. The standard InChI is InChI=1S/C11H18O4/c1-4-8-6-10(7-14-8)11(5-2,15-10)9(12)13-3/h8H,4-7H2,1-3H3. The van der Waals surface area contributed by atoms with Gasteiger partial charge in [0.05, 0.1) is 19.8 Å². The summed E-state index contributed by atoms with van der Waals surface area (Å²) in [5.74, 6) is -0.259. The molecule has 2 rings (SSSR count). The topological polar surface area (TPSA) is 48.1 Å². The predicted molar refractivity (Wildman–Crippen MR) is 53.5 cm³/mol. The van der Waals surface area contributed by atoms with Crippen LogP contribution in [0.4, 0.5) is 0 Å². The summed E-state index contributed by atoms with van der Waals surface area (Å²) in [6, 6.07) is 0. The minimum atomic E-state index is -0.730. The highest BCUT2D eigenvalue weighted by molar-refractivity contribution is 5.85. The summed E-state index contributed by atoms with van der Waals surface area (Å²) in [4.78, 5) is 11.7. The van der Waals surface area contributed by atoms with Crippen LogP contribution < -0.4 is 0 Å². The molecule has 2 saturated heterocycles. The second kappa shape index (κ2) is 3.46. The third kappa shape index (κ3) is 1.31. The van der Waals surface area contributed by atoms with Crippen molar-refractivity contribution >= 4 is 5.97 Å². The number of esters is 1. The number of hydrogen-bond donors (Lipinski definition) is 0. The molecule has 4 nitrogen and oxygen atoms in total. The minimum absolute atomic E-state index is 0.225. The first kappa shape index (κ1) is 10.9. The number of rotatable bonds is 3. The molecule has 2 heterocycles. The van der Waals surface area contributed by atoms with Crippen molar-refractivity contribution in [2.45, 2.75) is 50.4 Å². The zero-order valence-corrected chi connectivity index (χ0v) is 9.54. The lowest BCUT2D eigenvalue weighted by Gasteiger charge is -2.10. The molecule has 2 fully saturated rings. The molecule has 0 aliphatic carbocycles. The van der Waals surface area contributed by atoms with E-state index in [2.05, 4.69) is 6.92 Å². The molecule has 86 valence electrons. The lowest BCUT2D eigenvalue weighted by atomic mass is 9.88. The highest BCUT2D eigenvalue weighted by atomic mass is 16.7. The van der Waals surface area contributed by atoms with Crippen molar-refractivity contribution in [3.05, 3.63) is 0 Å². The SMILES string of the molecule is CCC1CC2(CO1)OC2(CC)C(=O)OC. The summed E-state index contributed by atoms with van der Waals surface area (Å²) in [6.45, 7) is 4.55. The minimum Gasteiger partial charge on any atom is -0.467 e. The van der Waals surface area contributed by atoms with Crippen molar-refractivity contribution in [1.29, 1.82) is 0 Å². The van der Waals surface area contributed by atoms with E-state index in [1.54, 1.807) is 0 Å². The molecule has 3 atom stereocenters. The van der Waals surface area contributed by atoms with Crippen molar-refractivity contribution in [3.8, 4) is 0 Å². The van der Waals surface area contributed by atoms with Gasteiger partial charge in [0.1, 0.15) is 5.60 Å². The van der Waals surface area contributed by atoms with Crippen LogP contribution in [0.3, 0.4) is 0 Å². The van der Waals surface area contributed by atoms with Crippen LogP contribution in [-0.4, -0.2) is 37.0 Å². The van der Waals surface area contributed by atoms with E-state index >= 15 is 0 Å². The van der Waals surface area contributed by atoms with E-state index in [0.29, 0.717) is 13.0 Å². The maximum atomic E-state index is 11.7. The van der Waals surface area contributed by atoms with Crippen molar-refractivity contribution in [3.63, 3.8) is 0 Å². The number of epoxide rings is 1. The second-order valence-corrected chi connectivity index (χ2v) is 4.31. The number of hydrogen-bond acceptors (Lipinski definition) is 4. The Morgan fingerprint density at radius 3 is 2.73 bits per heavy atom. The van der Waals surface area contributed by atoms with Gasteiger partial charge in [-0.05, 0) is 12.8 Å². The van der Waals surface area contributed by atoms with Gasteiger partial charge in [-0.1, -0.05) is 13.8 Å². The van der Waals surface area contributed by atoms with E-state index in [4.69, 9.17) is 14.2 Å². The van der Waals surface area contributed by atoms with Gasteiger partial charge in [-0.25, -0.2) is 4.79 Å². The number of carbonyl (C=O) groups excluding carboxylic acids is 1. The van der Waals surface area contributed by atoms with E-state index < -0.39 is 11.2 Å². The lowest BCUT2D eigenvalue weighted by Crippen LogP contribution is -2.35. The first-order valence-electron chi connectivity index (χ1n) is 5.54. The Labute approximate surface area is 89.9 Å². The summed E-state index contributed by atoms with van der Waals surface area (Å²) in [5, 5.41) is 0. The van der Waals surface area contributed by atoms with Crippen LogP contribution in [-0.2, 0) is 19.0 Å². The van der Waals surface area contributed by atoms with Crippen molar-refractivity contribution < 1.29 is 19.0 Å². The summed E-state index contributed by atoms with van der Waals surface area (Å²) >= 11 is 0. The second-order valence-electron chi connectivity index (χ2n) is 4.31. The van der Waals surface area contributed by atoms with Crippen LogP contribution in [0.5, 0.6) is 0 Å². The fraction of sp³-hybridized carbons (Fsp3) is 0.909. The van der Waals surface area contributed by atoms with Crippen LogP contribution in [0, 0.1) is 0 Å². The van der Waals surface area contributed by atoms with Gasteiger partial charge in [0.2, 0.25) is 0 Å². The van der Waals surface area contributed by atoms with Gasteiger partial charge in [-0.15, -0.1) is 0 Å². The van der Waals surface area contributed by atoms with Crippen molar-refractivity contribution in [1.82, 2.24) is 0 Å². The molecule has 0 amide bonds. The lowest BCUT2D eigenvalue weighted by molar-refractivity contribution is -0.147. The Kier molecular flexibility index (Phi) is 2.51. The van der Waals surface area contributed by atoms with Crippen molar-refractivity contribution in [2.75, 3.05) is 13.7 Å². The summed E-state index contributed by atoms with van der Waals surface area (Å²) in [7, 11) is 1.40. The highest BCUT2D eigenvalue weighted by Gasteiger charge is 2.76. The highest BCUT2D eigenvalue weighted by Crippen LogP contribution is 2.57. The monoisotopic (exact) mass is 214 g/mol. The van der Waals surface area contributed by atoms with E-state index in [-0.39, 0.29) is 12.1 Å². The molecule has 0 aromatic rings. The zero-order valence-electron chi connectivity index (χ0n) is 9.54. The Hall–Kier alpha value is -0.610. The van der Waals surface area contributed by atoms with Gasteiger partial charge < -0.3 is 14.2 Å². The average Bonchev–Trinajstić information content (AvgIpc) is 2.70. The van der Waals surface area contributed by atoms with Gasteiger partial charge >= 0.3 is 5.97 Å². The Balaban J connectivity index is 2.12. The molecule has 2 aliphatic rings. The maximum Gasteiger partial charge on any atom is 0.341 e. The van der Waals surface area contributed by atoms with E-state index in [0.717, 1.165) is 12.8 Å². The molecule has 3 unspecified atom stereocenters. The van der Waals surface area contributed by atoms with Crippen LogP contribution >= 0.6 is 0 Å². The van der Waals surface area contributed by atoms with Gasteiger partial charge in [-0.3, -0.25) is 0 Å². The van der Waals surface area contributed by atoms with Crippen LogP contribution in [0.2, 0.25) is 0 Å². The molecule has 0 saturated carbocycles. The summed E-state index contributed by atoms with van der Waals surface area (Å²) < 4.78 is 16.1. The first-order chi connectivity index (χ1) is 7.14. The van der Waals surface area contributed by atoms with Gasteiger partial charge in [0.15, 0.2) is 5.60 Å². The third-order valence-corrected chi connectivity index (χ3v) is 3.64. The Bertz CT molecular complexity index is 278. The molecule has 0 bridgehead atoms. The van der Waals surface area contributed by atoms with Crippen LogP contribution in [0.15, 0.2) is 0 Å². The molecule has 1 spiro atoms. The summed E-state index contributed by atoms with van der Waals surface area (Å²) in [5.41, 5.74) is -1.12. The Morgan fingerprint density at radius 2 is 2.27 bits per heavy atom. The van der Waals surface area contributed by atoms with Crippen LogP contribution in [0.1, 0.15) is 33.1 Å². The quantitative estimate of drug-likeness (QED) is 0.524. The average molecular weight is 214 g/mol. The largest absolute Gasteiger partial charge is 0.467 e. The van der Waals surface area contributed by atoms with Gasteiger partial charge in [0.25, 0.3) is 0 Å². The molecule has 0 aromatic carbocycles. The molecule has 4 heteroatoms. The zero-order chi connectivity index (χ0) is 11.1. The molecule has 0 radical (unpaired) electrons. The normalized spacial score (nSPS) is 43.3. The molecular weight excluding hydrogens is 196 g/mol. The summed E-state index contributed by atoms with van der Waals surface area (Å²) in [6.07, 6.45) is 2.65. The smallest absolute Gasteiger partial charge is 0.341 e. The molecule has 0 N–H and O–H groups in total. The Morgan fingerprint density at radius 1 is 1.53 bits per heavy atom. The van der Waals surface area contributed by atoms with Gasteiger partial charge in [0, 0.05) is 6.42 Å². The first-order valence-corrected chi connectivity index (χ1v) is 5.54. The third-order valence-electron chi connectivity index (χ3n) is 3.64. The molecule has 2 aliphatic heterocycles. The van der Waals surface area contributed by atoms with Gasteiger partial charge in [-0.2, -0.15) is 0 Å². The van der Waals surface area contributed by atoms with Crippen LogP contribution in [0.25, 0.3) is 0 Å². The number of carbonyl (C=O) groups is 1. The fourth-order valence-corrected chi connectivity index (χ4v) is 2.59. The fourth-order valence-electron chi connectivity index (χ4n) is 2.59. The predicted octanol–water partition coefficient (Wildman–Crippen LogP) is 1.28. The van der Waals surface area contributed by atoms with E-state index in [9.17, 15) is 4.79 Å². The van der Waals surface area contributed by atoms with Crippen molar-refractivity contribution in [2.24, 2.45) is 0 Å².